The molecule has 7 nitrogen and oxygen atoms in total. The topological polar surface area (TPSA) is 104 Å². The highest BCUT2D eigenvalue weighted by Gasteiger charge is 2.12. The number of rotatable bonds is 7. The van der Waals surface area contributed by atoms with Gasteiger partial charge in [0.05, 0.1) is 18.7 Å². The monoisotopic (exact) mass is 462 g/mol. The molecule has 0 radical (unpaired) electrons. The van der Waals surface area contributed by atoms with Gasteiger partial charge in [-0.05, 0) is 51.7 Å². The lowest BCUT2D eigenvalue weighted by Gasteiger charge is -2.09. The molecular formula is C28H22N4O3. The molecule has 0 aliphatic carbocycles. The molecule has 172 valence electrons. The van der Waals surface area contributed by atoms with E-state index in [1.54, 1.807) is 30.3 Å². The summed E-state index contributed by atoms with van der Waals surface area (Å²) in [5.41, 5.74) is 5.27. The Bertz CT molecular complexity index is 1420. The van der Waals surface area contributed by atoms with E-state index in [1.165, 1.54) is 6.21 Å². The van der Waals surface area contributed by atoms with Crippen molar-refractivity contribution in [2.45, 2.75) is 13.0 Å². The van der Waals surface area contributed by atoms with Crippen LogP contribution in [-0.4, -0.2) is 18.0 Å². The number of nitrogens with one attached hydrogen (secondary N) is 2. The van der Waals surface area contributed by atoms with Crippen LogP contribution in [0.15, 0.2) is 96.1 Å². The summed E-state index contributed by atoms with van der Waals surface area (Å²) in [5, 5.41) is 17.4. The van der Waals surface area contributed by atoms with Gasteiger partial charge in [0.2, 0.25) is 0 Å². The van der Waals surface area contributed by atoms with Crippen molar-refractivity contribution in [2.75, 3.05) is 5.32 Å². The van der Waals surface area contributed by atoms with E-state index in [4.69, 9.17) is 10.00 Å². The number of carbonyl (C=O) groups excluding carboxylic acids is 2. The van der Waals surface area contributed by atoms with Gasteiger partial charge >= 0.3 is 11.8 Å². The second-order valence-corrected chi connectivity index (χ2v) is 7.68. The minimum atomic E-state index is -0.897. The van der Waals surface area contributed by atoms with E-state index in [9.17, 15) is 9.59 Å². The van der Waals surface area contributed by atoms with E-state index >= 15 is 0 Å². The van der Waals surface area contributed by atoms with Gasteiger partial charge in [0.1, 0.15) is 12.4 Å². The predicted octanol–water partition coefficient (Wildman–Crippen LogP) is 4.57. The Morgan fingerprint density at radius 2 is 1.69 bits per heavy atom. The van der Waals surface area contributed by atoms with Gasteiger partial charge in [0.15, 0.2) is 0 Å². The van der Waals surface area contributed by atoms with Crippen molar-refractivity contribution in [2.24, 2.45) is 5.10 Å². The molecule has 0 aliphatic heterocycles. The van der Waals surface area contributed by atoms with Crippen LogP contribution in [0.3, 0.4) is 0 Å². The van der Waals surface area contributed by atoms with E-state index in [2.05, 4.69) is 34.0 Å². The number of ether oxygens (including phenoxy) is 1. The number of amides is 2. The molecule has 0 atom stereocenters. The summed E-state index contributed by atoms with van der Waals surface area (Å²) in [7, 11) is 0. The van der Waals surface area contributed by atoms with Crippen LogP contribution in [0, 0.1) is 11.3 Å². The van der Waals surface area contributed by atoms with E-state index in [0.29, 0.717) is 23.6 Å². The van der Waals surface area contributed by atoms with E-state index in [-0.39, 0.29) is 6.42 Å². The third-order valence-electron chi connectivity index (χ3n) is 5.21. The maximum Gasteiger partial charge on any atom is 0.329 e. The first kappa shape index (κ1) is 23.2. The molecule has 4 aromatic carbocycles. The van der Waals surface area contributed by atoms with Crippen molar-refractivity contribution in [3.8, 4) is 11.8 Å². The summed E-state index contributed by atoms with van der Waals surface area (Å²) in [6.07, 6.45) is 1.71. The fraction of sp³-hybridized carbons (Fsp3) is 0.0714. The van der Waals surface area contributed by atoms with Crippen LogP contribution < -0.4 is 15.5 Å². The lowest BCUT2D eigenvalue weighted by molar-refractivity contribution is -0.136. The highest BCUT2D eigenvalue weighted by molar-refractivity contribution is 6.39. The zero-order chi connectivity index (χ0) is 24.5. The molecular weight excluding hydrogens is 440 g/mol. The molecule has 0 unspecified atom stereocenters. The van der Waals surface area contributed by atoms with E-state index < -0.39 is 11.8 Å². The van der Waals surface area contributed by atoms with Crippen molar-refractivity contribution in [1.82, 2.24) is 5.43 Å². The normalized spacial score (nSPS) is 10.6. The minimum absolute atomic E-state index is 0.277. The Hall–Kier alpha value is -4.96. The van der Waals surface area contributed by atoms with Crippen molar-refractivity contribution in [3.63, 3.8) is 0 Å². The summed E-state index contributed by atoms with van der Waals surface area (Å²) < 4.78 is 5.97. The number of nitrogens with zero attached hydrogens (tertiary/aromatic N) is 2. The highest BCUT2D eigenvalue weighted by Crippen LogP contribution is 2.21. The van der Waals surface area contributed by atoms with Crippen molar-refractivity contribution >= 4 is 34.5 Å². The van der Waals surface area contributed by atoms with Crippen molar-refractivity contribution < 1.29 is 14.3 Å². The number of anilines is 1. The van der Waals surface area contributed by atoms with Gasteiger partial charge in [0, 0.05) is 5.69 Å². The lowest BCUT2D eigenvalue weighted by atomic mass is 10.1. The molecule has 4 rings (SSSR count). The summed E-state index contributed by atoms with van der Waals surface area (Å²) >= 11 is 0. The number of hydrazone groups is 1. The fourth-order valence-corrected chi connectivity index (χ4v) is 3.47. The Kier molecular flexibility index (Phi) is 7.46. The molecule has 0 heterocycles. The molecule has 0 bridgehead atoms. The molecule has 0 saturated heterocycles. The van der Waals surface area contributed by atoms with Crippen molar-refractivity contribution in [1.29, 1.82) is 5.26 Å². The van der Waals surface area contributed by atoms with Gasteiger partial charge in [-0.2, -0.15) is 10.4 Å². The molecule has 2 amide bonds. The Morgan fingerprint density at radius 1 is 0.914 bits per heavy atom. The number of hydrogen-bond acceptors (Lipinski definition) is 5. The predicted molar refractivity (Wildman–Crippen MR) is 135 cm³/mol. The summed E-state index contributed by atoms with van der Waals surface area (Å²) in [5.74, 6) is -1.08. The summed E-state index contributed by atoms with van der Waals surface area (Å²) in [4.78, 5) is 24.1. The molecule has 4 aromatic rings. The van der Waals surface area contributed by atoms with Crippen LogP contribution in [0.5, 0.6) is 5.75 Å². The molecule has 0 saturated carbocycles. The largest absolute Gasteiger partial charge is 0.489 e. The fourth-order valence-electron chi connectivity index (χ4n) is 3.47. The lowest BCUT2D eigenvalue weighted by Crippen LogP contribution is -2.32. The Balaban J connectivity index is 1.31. The van der Waals surface area contributed by atoms with Crippen LogP contribution in [0.1, 0.15) is 16.7 Å². The summed E-state index contributed by atoms with van der Waals surface area (Å²) in [6.45, 7) is 0.413. The Labute approximate surface area is 202 Å². The first-order chi connectivity index (χ1) is 17.1. The number of carbonyl (C=O) groups is 2. The Morgan fingerprint density at radius 3 is 2.51 bits per heavy atom. The maximum absolute atomic E-state index is 12.1. The van der Waals surface area contributed by atoms with Gasteiger partial charge in [-0.25, -0.2) is 5.43 Å². The first-order valence-corrected chi connectivity index (χ1v) is 10.9. The molecule has 7 heteroatoms. The second-order valence-electron chi connectivity index (χ2n) is 7.68. The smallest absolute Gasteiger partial charge is 0.329 e. The van der Waals surface area contributed by atoms with Gasteiger partial charge in [-0.1, -0.05) is 66.7 Å². The third kappa shape index (κ3) is 6.30. The van der Waals surface area contributed by atoms with Crippen LogP contribution in [0.4, 0.5) is 5.69 Å². The zero-order valence-corrected chi connectivity index (χ0v) is 18.8. The van der Waals surface area contributed by atoms with E-state index in [0.717, 1.165) is 21.9 Å². The van der Waals surface area contributed by atoms with Crippen LogP contribution in [0.25, 0.3) is 10.8 Å². The second kappa shape index (κ2) is 11.3. The average molecular weight is 463 g/mol. The molecule has 0 spiro atoms. The zero-order valence-electron chi connectivity index (χ0n) is 18.8. The van der Waals surface area contributed by atoms with Gasteiger partial charge in [-0.15, -0.1) is 0 Å². The number of benzene rings is 4. The maximum atomic E-state index is 12.1. The first-order valence-electron chi connectivity index (χ1n) is 10.9. The average Bonchev–Trinajstić information content (AvgIpc) is 2.89. The number of fused-ring (bicyclic) bond motifs is 1. The van der Waals surface area contributed by atoms with Gasteiger partial charge in [-0.3, -0.25) is 9.59 Å². The van der Waals surface area contributed by atoms with E-state index in [1.807, 2.05) is 48.5 Å². The van der Waals surface area contributed by atoms with Crippen molar-refractivity contribution in [3.05, 3.63) is 108 Å². The quantitative estimate of drug-likeness (QED) is 0.238. The van der Waals surface area contributed by atoms with Crippen LogP contribution in [-0.2, 0) is 22.6 Å². The molecule has 0 aliphatic rings. The third-order valence-corrected chi connectivity index (χ3v) is 5.21. The summed E-state index contributed by atoms with van der Waals surface area (Å²) in [6, 6.07) is 30.3. The van der Waals surface area contributed by atoms with Crippen LogP contribution >= 0.6 is 0 Å². The minimum Gasteiger partial charge on any atom is -0.489 e. The molecule has 35 heavy (non-hydrogen) atoms. The van der Waals surface area contributed by atoms with Gasteiger partial charge in [0.25, 0.3) is 0 Å². The molecule has 2 N–H and O–H groups in total. The van der Waals surface area contributed by atoms with Crippen LogP contribution in [0.2, 0.25) is 0 Å². The number of hydrogen-bond donors (Lipinski definition) is 2. The van der Waals surface area contributed by atoms with Gasteiger partial charge < -0.3 is 10.1 Å². The SMILES string of the molecule is N#CCc1ccc(NC(=O)C(=O)N/N=C/c2cccc(OCc3cccc4ccccc34)c2)cc1. The molecule has 0 fully saturated rings. The number of nitriles is 1. The molecule has 0 aromatic heterocycles. The standard InChI is InChI=1S/C28H22N4O3/c29-16-15-20-11-13-24(14-12-20)31-27(33)28(34)32-30-18-21-5-3-9-25(17-21)35-19-23-8-4-7-22-6-1-2-10-26(22)23/h1-14,17-18H,15,19H2,(H,31,33)(H,32,34)/b30-18+. The highest BCUT2D eigenvalue weighted by atomic mass is 16.5.